The largest absolute Gasteiger partial charge is 0.416 e. The highest BCUT2D eigenvalue weighted by Crippen LogP contribution is 2.31. The van der Waals surface area contributed by atoms with Crippen LogP contribution in [0.4, 0.5) is 30.2 Å². The molecule has 35 heavy (non-hydrogen) atoms. The second-order valence-corrected chi connectivity index (χ2v) is 7.40. The van der Waals surface area contributed by atoms with E-state index in [0.29, 0.717) is 5.69 Å². The number of amidine groups is 1. The van der Waals surface area contributed by atoms with E-state index in [1.807, 2.05) is 13.8 Å². The van der Waals surface area contributed by atoms with Gasteiger partial charge in [0.1, 0.15) is 11.4 Å². The zero-order valence-electron chi connectivity index (χ0n) is 19.5. The van der Waals surface area contributed by atoms with Gasteiger partial charge in [-0.1, -0.05) is 19.9 Å². The number of nitrogens with zero attached hydrogens (tertiary/aromatic N) is 3. The van der Waals surface area contributed by atoms with E-state index in [1.165, 1.54) is 36.5 Å². The molecule has 1 heterocycles. The third-order valence-electron chi connectivity index (χ3n) is 5.05. The third-order valence-corrected chi connectivity index (χ3v) is 5.05. The van der Waals surface area contributed by atoms with Crippen LogP contribution in [0.1, 0.15) is 49.0 Å². The highest BCUT2D eigenvalue weighted by Gasteiger charge is 2.30. The van der Waals surface area contributed by atoms with Gasteiger partial charge in [-0.25, -0.2) is 0 Å². The third kappa shape index (κ3) is 7.83. The van der Waals surface area contributed by atoms with Crippen LogP contribution in [0.15, 0.2) is 59.7 Å². The highest BCUT2D eigenvalue weighted by atomic mass is 19.4. The molecule has 2 aromatic carbocycles. The van der Waals surface area contributed by atoms with E-state index < -0.39 is 22.6 Å². The molecule has 0 aromatic heterocycles. The Morgan fingerprint density at radius 2 is 1.83 bits per heavy atom. The van der Waals surface area contributed by atoms with Crippen LogP contribution in [-0.4, -0.2) is 29.8 Å². The monoisotopic (exact) mass is 491 g/mol. The van der Waals surface area contributed by atoms with Crippen molar-refractivity contribution in [3.8, 4) is 0 Å². The van der Waals surface area contributed by atoms with Crippen LogP contribution in [0.2, 0.25) is 0 Å². The van der Waals surface area contributed by atoms with E-state index in [9.17, 15) is 28.1 Å². The smallest absolute Gasteiger partial charge is 0.384 e. The lowest BCUT2D eigenvalue weighted by molar-refractivity contribution is -0.385. The molecule has 11 heteroatoms. The number of piperidine rings is 1. The van der Waals surface area contributed by atoms with Crippen LogP contribution in [0, 0.1) is 10.1 Å². The molecule has 188 valence electrons. The van der Waals surface area contributed by atoms with E-state index in [1.54, 1.807) is 6.07 Å². The minimum absolute atomic E-state index is 0.157. The van der Waals surface area contributed by atoms with Crippen molar-refractivity contribution >= 4 is 28.8 Å². The molecule has 0 bridgehead atoms. The molecule has 1 aliphatic heterocycles. The van der Waals surface area contributed by atoms with Gasteiger partial charge in [-0.05, 0) is 55.7 Å². The molecule has 2 aromatic rings. The van der Waals surface area contributed by atoms with Gasteiger partial charge in [-0.3, -0.25) is 14.9 Å². The van der Waals surface area contributed by atoms with Gasteiger partial charge in [0, 0.05) is 36.7 Å². The molecular weight excluding hydrogens is 463 g/mol. The summed E-state index contributed by atoms with van der Waals surface area (Å²) in [6.45, 7) is 5.58. The minimum atomic E-state index is -4.48. The Hall–Kier alpha value is -3.89. The molecule has 8 nitrogen and oxygen atoms in total. The lowest BCUT2D eigenvalue weighted by Gasteiger charge is -2.28. The predicted octanol–water partition coefficient (Wildman–Crippen LogP) is 5.75. The number of benzene rings is 2. The summed E-state index contributed by atoms with van der Waals surface area (Å²) in [6, 6.07) is 8.84. The van der Waals surface area contributed by atoms with Gasteiger partial charge in [-0.2, -0.15) is 18.2 Å². The maximum atomic E-state index is 12.8. The lowest BCUT2D eigenvalue weighted by atomic mass is 10.1. The molecule has 0 radical (unpaired) electrons. The molecule has 0 atom stereocenters. The first-order chi connectivity index (χ1) is 16.6. The number of carbonyl (C=O) groups is 1. The van der Waals surface area contributed by atoms with Crippen LogP contribution < -0.4 is 16.0 Å². The van der Waals surface area contributed by atoms with Gasteiger partial charge in [0.2, 0.25) is 0 Å². The van der Waals surface area contributed by atoms with Gasteiger partial charge in [0.15, 0.2) is 0 Å². The van der Waals surface area contributed by atoms with Crippen LogP contribution in [-0.2, 0) is 6.18 Å². The second kappa shape index (κ2) is 12.5. The van der Waals surface area contributed by atoms with Crippen LogP contribution >= 0.6 is 0 Å². The summed E-state index contributed by atoms with van der Waals surface area (Å²) in [5, 5.41) is 14.0. The maximum absolute atomic E-state index is 12.8. The number of alkyl halides is 3. The average molecular weight is 492 g/mol. The molecule has 1 amide bonds. The van der Waals surface area contributed by atoms with Gasteiger partial charge in [0.05, 0.1) is 10.5 Å². The first-order valence-electron chi connectivity index (χ1n) is 11.2. The van der Waals surface area contributed by atoms with Gasteiger partial charge in [0.25, 0.3) is 11.6 Å². The molecule has 3 N–H and O–H groups in total. The molecule has 1 saturated heterocycles. The average Bonchev–Trinajstić information content (AvgIpc) is 2.85. The zero-order chi connectivity index (χ0) is 26.0. The van der Waals surface area contributed by atoms with Crippen LogP contribution in [0.3, 0.4) is 0 Å². The maximum Gasteiger partial charge on any atom is 0.416 e. The number of hydrogen-bond acceptors (Lipinski definition) is 5. The normalized spacial score (nSPS) is 14.3. The Labute approximate surface area is 201 Å². The number of nitro groups is 1. The number of carbonyl (C=O) groups excluding carboxylic acids is 1. The SMILES string of the molecule is CC.NC(/C=C\Nc1cccc(C(F)(F)F)c1)=NC(=O)c1cc(N2CCCCC2)ccc1[N+](=O)[O-]. The minimum Gasteiger partial charge on any atom is -0.384 e. The molecule has 1 aliphatic rings. The molecule has 0 aliphatic carbocycles. The van der Waals surface area contributed by atoms with Gasteiger partial charge < -0.3 is 16.0 Å². The first kappa shape index (κ1) is 27.4. The Morgan fingerprint density at radius 1 is 1.14 bits per heavy atom. The van der Waals surface area contributed by atoms with E-state index in [-0.39, 0.29) is 22.8 Å². The zero-order valence-corrected chi connectivity index (χ0v) is 19.5. The summed E-state index contributed by atoms with van der Waals surface area (Å²) in [7, 11) is 0. The number of anilines is 2. The highest BCUT2D eigenvalue weighted by molar-refractivity contribution is 6.08. The van der Waals surface area contributed by atoms with Gasteiger partial charge in [-0.15, -0.1) is 0 Å². The van der Waals surface area contributed by atoms with E-state index in [0.717, 1.165) is 44.5 Å². The fraction of sp³-hybridized carbons (Fsp3) is 0.333. The Kier molecular flexibility index (Phi) is 9.80. The van der Waals surface area contributed by atoms with Crippen LogP contribution in [0.25, 0.3) is 0 Å². The number of aliphatic imine (C=N–C) groups is 1. The number of amides is 1. The molecule has 0 spiro atoms. The predicted molar refractivity (Wildman–Crippen MR) is 131 cm³/mol. The quantitative estimate of drug-likeness (QED) is 0.230. The summed E-state index contributed by atoms with van der Waals surface area (Å²) >= 11 is 0. The molecule has 3 rings (SSSR count). The fourth-order valence-electron chi connectivity index (χ4n) is 3.43. The van der Waals surface area contributed by atoms with E-state index >= 15 is 0 Å². The molecule has 0 saturated carbocycles. The Morgan fingerprint density at radius 3 is 2.46 bits per heavy atom. The van der Waals surface area contributed by atoms with Crippen molar-refractivity contribution in [1.29, 1.82) is 0 Å². The topological polar surface area (TPSA) is 114 Å². The summed E-state index contributed by atoms with van der Waals surface area (Å²) in [4.78, 5) is 29.1. The summed E-state index contributed by atoms with van der Waals surface area (Å²) in [5.74, 6) is -1.15. The van der Waals surface area contributed by atoms with Crippen LogP contribution in [0.5, 0.6) is 0 Å². The van der Waals surface area contributed by atoms with Crippen molar-refractivity contribution < 1.29 is 22.9 Å². The lowest BCUT2D eigenvalue weighted by Crippen LogP contribution is -2.29. The number of hydrogen-bond donors (Lipinski definition) is 2. The van der Waals surface area contributed by atoms with Crippen molar-refractivity contribution in [2.75, 3.05) is 23.3 Å². The second-order valence-electron chi connectivity index (χ2n) is 7.40. The number of rotatable bonds is 6. The molecule has 0 unspecified atom stereocenters. The number of nitrogens with two attached hydrogens (primary N) is 1. The number of nitro benzene ring substituents is 1. The Balaban J connectivity index is 0.00000210. The Bertz CT molecular complexity index is 1090. The summed E-state index contributed by atoms with van der Waals surface area (Å²) < 4.78 is 38.4. The standard InChI is InChI=1S/C22H22F3N5O3.C2H6/c23-22(24,25)15-5-4-6-16(13-15)27-10-9-20(26)28-21(31)18-14-17(7-8-19(18)30(32)33)29-11-2-1-3-12-29;1-2/h4-10,13-14,27H,1-3,11-12H2,(H2,26,28,31);1-2H3/b10-9-;. The van der Waals surface area contributed by atoms with Crippen molar-refractivity contribution in [3.05, 3.63) is 76.0 Å². The molecular formula is C24H28F3N5O3. The van der Waals surface area contributed by atoms with Crippen molar-refractivity contribution in [2.24, 2.45) is 10.7 Å². The fourth-order valence-corrected chi connectivity index (χ4v) is 3.43. The number of halogens is 3. The number of nitrogens with one attached hydrogen (secondary N) is 1. The first-order valence-corrected chi connectivity index (χ1v) is 11.2. The van der Waals surface area contributed by atoms with E-state index in [4.69, 9.17) is 5.73 Å². The summed E-state index contributed by atoms with van der Waals surface area (Å²) in [5.41, 5.74) is 5.18. The molecule has 1 fully saturated rings. The summed E-state index contributed by atoms with van der Waals surface area (Å²) in [6.07, 6.45) is 1.02. The van der Waals surface area contributed by atoms with Gasteiger partial charge >= 0.3 is 6.18 Å². The van der Waals surface area contributed by atoms with Crippen molar-refractivity contribution in [2.45, 2.75) is 39.3 Å². The van der Waals surface area contributed by atoms with Crippen molar-refractivity contribution in [3.63, 3.8) is 0 Å². The van der Waals surface area contributed by atoms with E-state index in [2.05, 4.69) is 15.2 Å². The van der Waals surface area contributed by atoms with Crippen molar-refractivity contribution in [1.82, 2.24) is 0 Å².